The molecule has 4 nitrogen and oxygen atoms in total. The predicted octanol–water partition coefficient (Wildman–Crippen LogP) is 3.33. The minimum Gasteiger partial charge on any atom is -0.748 e. The monoisotopic (exact) mass is 428 g/mol. The summed E-state index contributed by atoms with van der Waals surface area (Å²) in [7, 11) is -4.17. The number of hydrogen-bond acceptors (Lipinski definition) is 4. The van der Waals surface area contributed by atoms with Crippen LogP contribution in [-0.2, 0) is 10.1 Å². The second-order valence-corrected chi connectivity index (χ2v) is 9.82. The molecule has 164 valence electrons. The number of aliphatic hydroxyl groups is 1. The maximum atomic E-state index is 11.4. The van der Waals surface area contributed by atoms with Crippen molar-refractivity contribution in [1.29, 1.82) is 0 Å². The van der Waals surface area contributed by atoms with Gasteiger partial charge in [-0.1, -0.05) is 104 Å². The number of aliphatic hydroxyl groups excluding tert-OH is 1. The van der Waals surface area contributed by atoms with E-state index in [0.717, 1.165) is 70.6 Å². The van der Waals surface area contributed by atoms with Crippen molar-refractivity contribution >= 4 is 10.1 Å². The van der Waals surface area contributed by atoms with Gasteiger partial charge in [0.2, 0.25) is 0 Å². The van der Waals surface area contributed by atoms with Gasteiger partial charge in [-0.05, 0) is 25.7 Å². The molecule has 2 unspecified atom stereocenters. The van der Waals surface area contributed by atoms with Gasteiger partial charge in [0.15, 0.2) is 0 Å². The Balaban J connectivity index is 0. The Kier molecular flexibility index (Phi) is 23.4. The largest absolute Gasteiger partial charge is 1.00 e. The Morgan fingerprint density at radius 1 is 0.643 bits per heavy atom. The molecule has 6 heteroatoms. The van der Waals surface area contributed by atoms with Crippen LogP contribution in [0.5, 0.6) is 0 Å². The number of rotatable bonds is 20. The van der Waals surface area contributed by atoms with Crippen LogP contribution in [0.25, 0.3) is 0 Å². The molecule has 0 spiro atoms. The molecule has 0 amide bonds. The van der Waals surface area contributed by atoms with Gasteiger partial charge < -0.3 is 9.66 Å². The summed E-state index contributed by atoms with van der Waals surface area (Å²) in [6.07, 6.45) is 17.8. The minimum atomic E-state index is -4.17. The molecule has 0 aromatic heterocycles. The summed E-state index contributed by atoms with van der Waals surface area (Å²) in [5, 5.41) is 9.29. The average Bonchev–Trinajstić information content (AvgIpc) is 2.61. The smallest absolute Gasteiger partial charge is 0.748 e. The van der Waals surface area contributed by atoms with Crippen molar-refractivity contribution in [3.05, 3.63) is 0 Å². The second-order valence-electron chi connectivity index (χ2n) is 8.17. The predicted molar refractivity (Wildman–Crippen MR) is 114 cm³/mol. The third-order valence-electron chi connectivity index (χ3n) is 5.49. The topological polar surface area (TPSA) is 77.4 Å². The maximum absolute atomic E-state index is 11.4. The molecule has 0 fully saturated rings. The summed E-state index contributed by atoms with van der Waals surface area (Å²) in [6.45, 7) is 4.36. The third kappa shape index (κ3) is 20.2. The van der Waals surface area contributed by atoms with Crippen molar-refractivity contribution in [3.63, 3.8) is 0 Å². The second kappa shape index (κ2) is 21.1. The molecule has 0 heterocycles. The molecule has 0 bridgehead atoms. The SMILES string of the molecule is CCCCCCCC(O)CCCCCCC(CCCCCCC)S(=O)(=O)[O-].[Na+]. The maximum Gasteiger partial charge on any atom is 1.00 e. The first kappa shape index (κ1) is 31.1. The average molecular weight is 429 g/mol. The van der Waals surface area contributed by atoms with Gasteiger partial charge >= 0.3 is 29.6 Å². The van der Waals surface area contributed by atoms with Gasteiger partial charge in [-0.15, -0.1) is 0 Å². The zero-order valence-electron chi connectivity index (χ0n) is 19.0. The molecule has 0 aliphatic rings. The quantitative estimate of drug-likeness (QED) is 0.183. The molecule has 0 aliphatic heterocycles. The molecule has 0 rings (SSSR count). The first-order valence-electron chi connectivity index (χ1n) is 11.5. The van der Waals surface area contributed by atoms with Crippen LogP contribution >= 0.6 is 0 Å². The molecule has 1 N–H and O–H groups in total. The first-order valence-corrected chi connectivity index (χ1v) is 13.0. The molecule has 0 aliphatic carbocycles. The Hall–Kier alpha value is 0.870. The van der Waals surface area contributed by atoms with Gasteiger partial charge in [0.25, 0.3) is 0 Å². The van der Waals surface area contributed by atoms with E-state index in [1.54, 1.807) is 0 Å². The molecule has 28 heavy (non-hydrogen) atoms. The van der Waals surface area contributed by atoms with Crippen LogP contribution in [0, 0.1) is 0 Å². The van der Waals surface area contributed by atoms with E-state index in [2.05, 4.69) is 13.8 Å². The minimum absolute atomic E-state index is 0. The Bertz CT molecular complexity index is 415. The van der Waals surface area contributed by atoms with E-state index in [-0.39, 0.29) is 35.7 Å². The summed E-state index contributed by atoms with van der Waals surface area (Å²) in [4.78, 5) is 0. The molecule has 0 saturated heterocycles. The first-order chi connectivity index (χ1) is 12.9. The Morgan fingerprint density at radius 3 is 1.29 bits per heavy atom. The van der Waals surface area contributed by atoms with Crippen molar-refractivity contribution in [2.75, 3.05) is 0 Å². The van der Waals surface area contributed by atoms with E-state index >= 15 is 0 Å². The molecular formula is C22H45NaO4S. The summed E-state index contributed by atoms with van der Waals surface area (Å²) in [6, 6.07) is 0. The zero-order valence-corrected chi connectivity index (χ0v) is 21.8. The third-order valence-corrected chi connectivity index (χ3v) is 6.78. The van der Waals surface area contributed by atoms with Crippen molar-refractivity contribution in [1.82, 2.24) is 0 Å². The molecule has 0 saturated carbocycles. The van der Waals surface area contributed by atoms with Crippen molar-refractivity contribution in [2.45, 2.75) is 141 Å². The summed E-state index contributed by atoms with van der Waals surface area (Å²) < 4.78 is 34.3. The van der Waals surface area contributed by atoms with Gasteiger partial charge in [0.1, 0.15) is 0 Å². The number of unbranched alkanes of at least 4 members (excludes halogenated alkanes) is 11. The molecular weight excluding hydrogens is 383 g/mol. The van der Waals surface area contributed by atoms with Gasteiger partial charge in [-0.2, -0.15) is 0 Å². The van der Waals surface area contributed by atoms with Crippen LogP contribution in [-0.4, -0.2) is 29.4 Å². The van der Waals surface area contributed by atoms with Crippen LogP contribution in [0.15, 0.2) is 0 Å². The zero-order chi connectivity index (χ0) is 20.4. The van der Waals surface area contributed by atoms with Crippen molar-refractivity contribution in [2.24, 2.45) is 0 Å². The van der Waals surface area contributed by atoms with E-state index in [9.17, 15) is 18.1 Å². The van der Waals surface area contributed by atoms with Gasteiger partial charge in [0, 0.05) is 5.25 Å². The normalized spacial score (nSPS) is 13.9. The Morgan fingerprint density at radius 2 is 0.964 bits per heavy atom. The summed E-state index contributed by atoms with van der Waals surface area (Å²) in [5.74, 6) is 0. The summed E-state index contributed by atoms with van der Waals surface area (Å²) in [5.41, 5.74) is 0. The van der Waals surface area contributed by atoms with Gasteiger partial charge in [-0.3, -0.25) is 0 Å². The van der Waals surface area contributed by atoms with Gasteiger partial charge in [0.05, 0.1) is 16.2 Å². The molecule has 2 atom stereocenters. The van der Waals surface area contributed by atoms with Crippen LogP contribution < -0.4 is 29.6 Å². The van der Waals surface area contributed by atoms with Crippen LogP contribution in [0.1, 0.15) is 129 Å². The standard InChI is InChI=1S/C22H46O4S.Na/c1-3-5-7-9-13-17-21(23)18-14-11-12-16-20-22(27(24,25)26)19-15-10-8-6-4-2;/h21-23H,3-20H2,1-2H3,(H,24,25,26);/q;+1/p-1. The fourth-order valence-electron chi connectivity index (χ4n) is 3.64. The van der Waals surface area contributed by atoms with E-state index in [1.807, 2.05) is 0 Å². The fourth-order valence-corrected chi connectivity index (χ4v) is 4.55. The van der Waals surface area contributed by atoms with Crippen LogP contribution in [0.2, 0.25) is 0 Å². The van der Waals surface area contributed by atoms with E-state index in [4.69, 9.17) is 0 Å². The van der Waals surface area contributed by atoms with Crippen molar-refractivity contribution < 1.29 is 47.6 Å². The van der Waals surface area contributed by atoms with E-state index < -0.39 is 15.4 Å². The van der Waals surface area contributed by atoms with Gasteiger partial charge in [-0.25, -0.2) is 8.42 Å². The molecule has 0 radical (unpaired) electrons. The summed E-state index contributed by atoms with van der Waals surface area (Å²) >= 11 is 0. The van der Waals surface area contributed by atoms with E-state index in [0.29, 0.717) is 12.8 Å². The van der Waals surface area contributed by atoms with Crippen LogP contribution in [0.4, 0.5) is 0 Å². The fraction of sp³-hybridized carbons (Fsp3) is 1.00. The van der Waals surface area contributed by atoms with Crippen LogP contribution in [0.3, 0.4) is 0 Å². The van der Waals surface area contributed by atoms with E-state index in [1.165, 1.54) is 32.1 Å². The number of hydrogen-bond donors (Lipinski definition) is 1. The molecule has 0 aromatic rings. The van der Waals surface area contributed by atoms with Crippen molar-refractivity contribution in [3.8, 4) is 0 Å². The molecule has 0 aromatic carbocycles. The Labute approximate surface area is 197 Å².